The van der Waals surface area contributed by atoms with E-state index in [1.165, 1.54) is 27.9 Å². The van der Waals surface area contributed by atoms with Gasteiger partial charge in [-0.3, -0.25) is 0 Å². The molecule has 0 bridgehead atoms. The van der Waals surface area contributed by atoms with Gasteiger partial charge in [0.1, 0.15) is 18.3 Å². The molecular formula is C21H22N4. The first-order chi connectivity index (χ1) is 11.8. The monoisotopic (exact) mass is 330 g/mol. The number of hydrogen-bond donors (Lipinski definition) is 0. The van der Waals surface area contributed by atoms with Gasteiger partial charge in [-0.05, 0) is 69.0 Å². The third kappa shape index (κ3) is 2.26. The Morgan fingerprint density at radius 3 is 2.04 bits per heavy atom. The highest BCUT2D eigenvalue weighted by atomic mass is 15.4. The molecule has 126 valence electrons. The van der Waals surface area contributed by atoms with E-state index in [1.54, 1.807) is 6.07 Å². The molecule has 1 heterocycles. The molecule has 0 radical (unpaired) electrons. The van der Waals surface area contributed by atoms with Crippen LogP contribution in [0.4, 0.5) is 17.1 Å². The highest BCUT2D eigenvalue weighted by molar-refractivity contribution is 5.90. The Morgan fingerprint density at radius 2 is 1.52 bits per heavy atom. The Kier molecular flexibility index (Phi) is 3.93. The Hall–Kier alpha value is -2.98. The van der Waals surface area contributed by atoms with Crippen LogP contribution in [0.1, 0.15) is 40.3 Å². The second kappa shape index (κ2) is 5.83. The van der Waals surface area contributed by atoms with Gasteiger partial charge in [-0.25, -0.2) is 0 Å². The molecule has 0 N–H and O–H groups in total. The Morgan fingerprint density at radius 1 is 0.920 bits per heavy atom. The zero-order valence-electron chi connectivity index (χ0n) is 15.6. The van der Waals surface area contributed by atoms with E-state index < -0.39 is 0 Å². The van der Waals surface area contributed by atoms with Crippen molar-refractivity contribution < 1.29 is 0 Å². The first-order valence-electron chi connectivity index (χ1n) is 8.40. The molecule has 1 aliphatic heterocycles. The Balaban J connectivity index is 2.35. The van der Waals surface area contributed by atoms with Crippen LogP contribution in [0, 0.1) is 50.4 Å². The SMILES string of the molecule is Cc1cc(C)c(C)c(N2c3ccc(C#N)c(C#N)c3N(C)[C@@H]2C)c1C. The van der Waals surface area contributed by atoms with Crippen LogP contribution in [0.25, 0.3) is 0 Å². The molecule has 0 saturated heterocycles. The molecule has 2 aromatic rings. The van der Waals surface area contributed by atoms with Crippen molar-refractivity contribution in [2.75, 3.05) is 16.8 Å². The minimum absolute atomic E-state index is 0.0645. The summed E-state index contributed by atoms with van der Waals surface area (Å²) in [6.07, 6.45) is 0.0645. The van der Waals surface area contributed by atoms with Gasteiger partial charge in [0.15, 0.2) is 0 Å². The predicted molar refractivity (Wildman–Crippen MR) is 101 cm³/mol. The highest BCUT2D eigenvalue weighted by Gasteiger charge is 2.36. The summed E-state index contributed by atoms with van der Waals surface area (Å²) in [6.45, 7) is 10.7. The lowest BCUT2D eigenvalue weighted by atomic mass is 9.97. The summed E-state index contributed by atoms with van der Waals surface area (Å²) < 4.78 is 0. The minimum Gasteiger partial charge on any atom is -0.351 e. The third-order valence-corrected chi connectivity index (χ3v) is 5.50. The second-order valence-electron chi connectivity index (χ2n) is 6.80. The Bertz CT molecular complexity index is 933. The molecule has 0 fully saturated rings. The fraction of sp³-hybridized carbons (Fsp3) is 0.333. The van der Waals surface area contributed by atoms with Gasteiger partial charge in [0.2, 0.25) is 0 Å². The van der Waals surface area contributed by atoms with Crippen LogP contribution in [-0.2, 0) is 0 Å². The first-order valence-corrected chi connectivity index (χ1v) is 8.40. The molecule has 0 unspecified atom stereocenters. The maximum absolute atomic E-state index is 9.63. The largest absolute Gasteiger partial charge is 0.351 e. The van der Waals surface area contributed by atoms with Gasteiger partial charge in [-0.15, -0.1) is 0 Å². The molecule has 3 rings (SSSR count). The molecule has 0 saturated carbocycles. The lowest BCUT2D eigenvalue weighted by Crippen LogP contribution is -2.36. The summed E-state index contributed by atoms with van der Waals surface area (Å²) in [5.41, 5.74) is 8.93. The maximum atomic E-state index is 9.63. The van der Waals surface area contributed by atoms with E-state index in [2.05, 4.69) is 62.6 Å². The quantitative estimate of drug-likeness (QED) is 0.767. The van der Waals surface area contributed by atoms with Gasteiger partial charge in [-0.2, -0.15) is 10.5 Å². The van der Waals surface area contributed by atoms with Gasteiger partial charge in [0.05, 0.1) is 22.5 Å². The molecule has 0 amide bonds. The number of aryl methyl sites for hydroxylation is 2. The molecular weight excluding hydrogens is 308 g/mol. The summed E-state index contributed by atoms with van der Waals surface area (Å²) in [6, 6.07) is 10.3. The first kappa shape index (κ1) is 16.9. The number of nitrogens with zero attached hydrogens (tertiary/aromatic N) is 4. The fourth-order valence-corrected chi connectivity index (χ4v) is 3.76. The van der Waals surface area contributed by atoms with Crippen LogP contribution in [0.15, 0.2) is 18.2 Å². The van der Waals surface area contributed by atoms with E-state index in [1.807, 2.05) is 13.1 Å². The normalized spacial score (nSPS) is 15.8. The third-order valence-electron chi connectivity index (χ3n) is 5.50. The number of anilines is 3. The van der Waals surface area contributed by atoms with Crippen LogP contribution in [0.3, 0.4) is 0 Å². The van der Waals surface area contributed by atoms with Crippen molar-refractivity contribution in [3.63, 3.8) is 0 Å². The van der Waals surface area contributed by atoms with Crippen molar-refractivity contribution >= 4 is 17.1 Å². The van der Waals surface area contributed by atoms with E-state index in [0.717, 1.165) is 11.4 Å². The molecule has 25 heavy (non-hydrogen) atoms. The van der Waals surface area contributed by atoms with E-state index >= 15 is 0 Å². The van der Waals surface area contributed by atoms with Crippen molar-refractivity contribution in [1.82, 2.24) is 0 Å². The number of fused-ring (bicyclic) bond motifs is 1. The van der Waals surface area contributed by atoms with Crippen molar-refractivity contribution in [1.29, 1.82) is 10.5 Å². The molecule has 4 nitrogen and oxygen atoms in total. The van der Waals surface area contributed by atoms with Crippen LogP contribution in [0.2, 0.25) is 0 Å². The van der Waals surface area contributed by atoms with Gasteiger partial charge in [0.25, 0.3) is 0 Å². The standard InChI is InChI=1S/C21H22N4/c1-12-9-13(2)15(4)20(14(12)3)25-16(5)24(6)21-18(11-23)17(10-22)7-8-19(21)25/h7-9,16H,1-6H3/t16-/m0/s1. The lowest BCUT2D eigenvalue weighted by molar-refractivity contribution is 0.730. The molecule has 1 atom stereocenters. The topological polar surface area (TPSA) is 54.1 Å². The summed E-state index contributed by atoms with van der Waals surface area (Å²) >= 11 is 0. The minimum atomic E-state index is 0.0645. The lowest BCUT2D eigenvalue weighted by Gasteiger charge is -2.31. The van der Waals surface area contributed by atoms with Crippen LogP contribution >= 0.6 is 0 Å². The zero-order valence-corrected chi connectivity index (χ0v) is 15.6. The molecule has 2 aromatic carbocycles. The summed E-state index contributed by atoms with van der Waals surface area (Å²) in [5.74, 6) is 0. The van der Waals surface area contributed by atoms with Crippen molar-refractivity contribution in [2.24, 2.45) is 0 Å². The maximum Gasteiger partial charge on any atom is 0.103 e. The van der Waals surface area contributed by atoms with E-state index in [9.17, 15) is 10.5 Å². The number of rotatable bonds is 1. The fourth-order valence-electron chi connectivity index (χ4n) is 3.76. The van der Waals surface area contributed by atoms with E-state index in [0.29, 0.717) is 11.1 Å². The highest BCUT2D eigenvalue weighted by Crippen LogP contribution is 2.48. The number of nitriles is 2. The van der Waals surface area contributed by atoms with Crippen LogP contribution in [0.5, 0.6) is 0 Å². The smallest absolute Gasteiger partial charge is 0.103 e. The molecule has 0 aromatic heterocycles. The number of benzene rings is 2. The Labute approximate surface area is 149 Å². The molecule has 4 heteroatoms. The second-order valence-corrected chi connectivity index (χ2v) is 6.80. The molecule has 0 spiro atoms. The average molecular weight is 330 g/mol. The number of hydrogen-bond acceptors (Lipinski definition) is 4. The van der Waals surface area contributed by atoms with Crippen molar-refractivity contribution in [3.05, 3.63) is 51.6 Å². The van der Waals surface area contributed by atoms with Gasteiger partial charge >= 0.3 is 0 Å². The summed E-state index contributed by atoms with van der Waals surface area (Å²) in [7, 11) is 1.98. The van der Waals surface area contributed by atoms with Crippen LogP contribution in [-0.4, -0.2) is 13.2 Å². The van der Waals surface area contributed by atoms with Gasteiger partial charge in [-0.1, -0.05) is 6.07 Å². The van der Waals surface area contributed by atoms with Crippen molar-refractivity contribution in [2.45, 2.75) is 40.8 Å². The van der Waals surface area contributed by atoms with E-state index in [-0.39, 0.29) is 6.17 Å². The summed E-state index contributed by atoms with van der Waals surface area (Å²) in [4.78, 5) is 4.38. The molecule has 1 aliphatic rings. The summed E-state index contributed by atoms with van der Waals surface area (Å²) in [5, 5.41) is 19.0. The molecule has 0 aliphatic carbocycles. The predicted octanol–water partition coefficient (Wildman–Crippen LogP) is 4.60. The average Bonchev–Trinajstić information content (AvgIpc) is 2.84. The zero-order chi connectivity index (χ0) is 18.5. The van der Waals surface area contributed by atoms with Gasteiger partial charge in [0, 0.05) is 12.7 Å². The van der Waals surface area contributed by atoms with E-state index in [4.69, 9.17) is 0 Å². The van der Waals surface area contributed by atoms with Crippen LogP contribution < -0.4 is 9.80 Å². The van der Waals surface area contributed by atoms with Gasteiger partial charge < -0.3 is 9.80 Å². The van der Waals surface area contributed by atoms with Crippen molar-refractivity contribution in [3.8, 4) is 12.1 Å².